The van der Waals surface area contributed by atoms with Crippen molar-refractivity contribution in [2.75, 3.05) is 0 Å². The lowest BCUT2D eigenvalue weighted by Gasteiger charge is -2.31. The lowest BCUT2D eigenvalue weighted by Crippen LogP contribution is -2.42. The molecular weight excluding hydrogens is 260 g/mol. The van der Waals surface area contributed by atoms with Crippen molar-refractivity contribution in [3.8, 4) is 0 Å². The van der Waals surface area contributed by atoms with Crippen LogP contribution in [0, 0.1) is 0 Å². The van der Waals surface area contributed by atoms with E-state index in [1.165, 1.54) is 12.1 Å². The fourth-order valence-corrected chi connectivity index (χ4v) is 2.17. The minimum Gasteiger partial charge on any atom is -0.334 e. The van der Waals surface area contributed by atoms with Crippen molar-refractivity contribution in [3.63, 3.8) is 0 Å². The lowest BCUT2D eigenvalue weighted by atomic mass is 10.0. The summed E-state index contributed by atoms with van der Waals surface area (Å²) in [5, 5.41) is 17.2. The largest absolute Gasteiger partial charge is 0.334 e. The van der Waals surface area contributed by atoms with Gasteiger partial charge in [-0.05, 0) is 39.8 Å². The highest BCUT2D eigenvalue weighted by Crippen LogP contribution is 2.17. The van der Waals surface area contributed by atoms with Gasteiger partial charge in [-0.15, -0.1) is 0 Å². The fraction of sp³-hybridized carbons (Fsp3) is 0.429. The summed E-state index contributed by atoms with van der Waals surface area (Å²) in [6, 6.07) is 5.99. The van der Waals surface area contributed by atoms with Crippen molar-refractivity contribution in [1.29, 1.82) is 0 Å². The first-order valence-corrected chi connectivity index (χ1v) is 6.41. The third-order valence-corrected chi connectivity index (χ3v) is 2.92. The van der Waals surface area contributed by atoms with Gasteiger partial charge in [0.2, 0.25) is 0 Å². The molecule has 0 saturated heterocycles. The summed E-state index contributed by atoms with van der Waals surface area (Å²) in [5.41, 5.74) is 0.0989. The third-order valence-electron chi connectivity index (χ3n) is 2.92. The van der Waals surface area contributed by atoms with Gasteiger partial charge in [-0.2, -0.15) is 0 Å². The van der Waals surface area contributed by atoms with Crippen LogP contribution >= 0.6 is 0 Å². The summed E-state index contributed by atoms with van der Waals surface area (Å²) in [7, 11) is 0. The maximum atomic E-state index is 12.6. The van der Waals surface area contributed by atoms with Crippen LogP contribution in [0.2, 0.25) is 0 Å². The normalized spacial score (nSPS) is 10.8. The van der Waals surface area contributed by atoms with Crippen LogP contribution in [-0.4, -0.2) is 44.4 Å². The van der Waals surface area contributed by atoms with Crippen LogP contribution < -0.4 is 0 Å². The highest BCUT2D eigenvalue weighted by molar-refractivity contribution is 6.06. The maximum Gasteiger partial charge on any atom is 0.304 e. The van der Waals surface area contributed by atoms with Gasteiger partial charge in [-0.1, -0.05) is 17.4 Å². The van der Waals surface area contributed by atoms with E-state index in [2.05, 4.69) is 0 Å². The number of rotatable bonds is 4. The highest BCUT2D eigenvalue weighted by Gasteiger charge is 2.26. The summed E-state index contributed by atoms with van der Waals surface area (Å²) in [6.45, 7) is 7.53. The molecule has 0 atom stereocenters. The lowest BCUT2D eigenvalue weighted by molar-refractivity contribution is -0.260. The maximum absolute atomic E-state index is 12.6. The first kappa shape index (κ1) is 16.1. The van der Waals surface area contributed by atoms with Gasteiger partial charge in [0, 0.05) is 12.1 Å². The highest BCUT2D eigenvalue weighted by atomic mass is 16.8. The summed E-state index contributed by atoms with van der Waals surface area (Å²) in [4.78, 5) is 25.9. The Morgan fingerprint density at radius 1 is 0.900 bits per heavy atom. The van der Waals surface area contributed by atoms with Crippen LogP contribution in [0.15, 0.2) is 24.3 Å². The molecule has 110 valence electrons. The van der Waals surface area contributed by atoms with E-state index in [1.54, 1.807) is 17.0 Å². The molecule has 0 unspecified atom stereocenters. The van der Waals surface area contributed by atoms with E-state index in [4.69, 9.17) is 10.4 Å². The van der Waals surface area contributed by atoms with E-state index in [1.807, 2.05) is 27.7 Å². The van der Waals surface area contributed by atoms with E-state index >= 15 is 0 Å². The Morgan fingerprint density at radius 3 is 1.65 bits per heavy atom. The second-order valence-corrected chi connectivity index (χ2v) is 5.04. The standard InChI is InChI=1S/C14H20N2O4/c1-9(2)15(10(3)4)13(17)11-7-5-6-8-12(11)14(18)16(19)20/h5-10,19-20H,1-4H3. The zero-order valence-corrected chi connectivity index (χ0v) is 12.1. The zero-order chi connectivity index (χ0) is 15.4. The van der Waals surface area contributed by atoms with Crippen molar-refractivity contribution in [2.24, 2.45) is 0 Å². The Morgan fingerprint density at radius 2 is 1.30 bits per heavy atom. The van der Waals surface area contributed by atoms with Gasteiger partial charge >= 0.3 is 5.91 Å². The predicted octanol–water partition coefficient (Wildman–Crippen LogP) is 2.17. The van der Waals surface area contributed by atoms with Gasteiger partial charge in [0.15, 0.2) is 0 Å². The summed E-state index contributed by atoms with van der Waals surface area (Å²) < 4.78 is 0. The molecule has 0 saturated carbocycles. The molecule has 0 aliphatic carbocycles. The number of carbonyl (C=O) groups is 2. The van der Waals surface area contributed by atoms with E-state index in [0.29, 0.717) is 0 Å². The Kier molecular flexibility index (Phi) is 5.24. The van der Waals surface area contributed by atoms with Crippen molar-refractivity contribution in [2.45, 2.75) is 39.8 Å². The van der Waals surface area contributed by atoms with Crippen LogP contribution in [0.4, 0.5) is 0 Å². The van der Waals surface area contributed by atoms with Gasteiger partial charge in [0.25, 0.3) is 5.91 Å². The van der Waals surface area contributed by atoms with E-state index < -0.39 is 11.1 Å². The van der Waals surface area contributed by atoms with Gasteiger partial charge in [-0.3, -0.25) is 20.0 Å². The predicted molar refractivity (Wildman–Crippen MR) is 72.6 cm³/mol. The fourth-order valence-electron chi connectivity index (χ4n) is 2.17. The first-order chi connectivity index (χ1) is 9.27. The first-order valence-electron chi connectivity index (χ1n) is 6.41. The molecule has 1 rings (SSSR count). The molecule has 2 amide bonds. The molecule has 0 fully saturated rings. The molecule has 0 bridgehead atoms. The minimum atomic E-state index is -1.04. The number of benzene rings is 1. The Balaban J connectivity index is 3.26. The molecule has 0 aliphatic heterocycles. The zero-order valence-electron chi connectivity index (χ0n) is 12.1. The van der Waals surface area contributed by atoms with Crippen molar-refractivity contribution >= 4 is 11.8 Å². The second kappa shape index (κ2) is 6.49. The molecule has 2 N–H and O–H groups in total. The van der Waals surface area contributed by atoms with Gasteiger partial charge in [-0.25, -0.2) is 0 Å². The van der Waals surface area contributed by atoms with Gasteiger partial charge < -0.3 is 4.90 Å². The Labute approximate surface area is 118 Å². The van der Waals surface area contributed by atoms with Crippen LogP contribution in [-0.2, 0) is 0 Å². The minimum absolute atomic E-state index is 0.0370. The van der Waals surface area contributed by atoms with Crippen molar-refractivity contribution < 1.29 is 20.0 Å². The molecule has 0 heterocycles. The second-order valence-electron chi connectivity index (χ2n) is 5.04. The summed E-state index contributed by atoms with van der Waals surface area (Å²) >= 11 is 0. The molecular formula is C14H20N2O4. The molecule has 6 nitrogen and oxygen atoms in total. The van der Waals surface area contributed by atoms with Crippen LogP contribution in [0.3, 0.4) is 0 Å². The number of amides is 2. The van der Waals surface area contributed by atoms with Crippen LogP contribution in [0.5, 0.6) is 0 Å². The average molecular weight is 280 g/mol. The number of hydrogen-bond donors (Lipinski definition) is 2. The van der Waals surface area contributed by atoms with Crippen molar-refractivity contribution in [1.82, 2.24) is 10.1 Å². The van der Waals surface area contributed by atoms with Crippen LogP contribution in [0.25, 0.3) is 0 Å². The molecule has 1 aromatic carbocycles. The topological polar surface area (TPSA) is 81.1 Å². The third kappa shape index (κ3) is 3.34. The average Bonchev–Trinajstić information content (AvgIpc) is 2.36. The summed E-state index contributed by atoms with van der Waals surface area (Å²) in [5.74, 6) is -1.36. The molecule has 1 aromatic rings. The van der Waals surface area contributed by atoms with E-state index in [0.717, 1.165) is 0 Å². The SMILES string of the molecule is CC(C)N(C(=O)c1ccccc1C(=O)N(O)O)C(C)C. The number of hydrogen-bond acceptors (Lipinski definition) is 4. The Hall–Kier alpha value is -1.92. The Bertz CT molecular complexity index is 490. The molecule has 0 aliphatic rings. The smallest absolute Gasteiger partial charge is 0.304 e. The van der Waals surface area contributed by atoms with E-state index in [9.17, 15) is 9.59 Å². The molecule has 6 heteroatoms. The molecule has 20 heavy (non-hydrogen) atoms. The monoisotopic (exact) mass is 280 g/mol. The van der Waals surface area contributed by atoms with Gasteiger partial charge in [0.1, 0.15) is 0 Å². The quantitative estimate of drug-likeness (QED) is 0.654. The number of carbonyl (C=O) groups excluding carboxylic acids is 2. The summed E-state index contributed by atoms with van der Waals surface area (Å²) in [6.07, 6.45) is 0. The van der Waals surface area contributed by atoms with E-state index in [-0.39, 0.29) is 29.1 Å². The van der Waals surface area contributed by atoms with Gasteiger partial charge in [0.05, 0.1) is 11.1 Å². The number of nitrogens with zero attached hydrogens (tertiary/aromatic N) is 2. The molecule has 0 radical (unpaired) electrons. The molecule has 0 spiro atoms. The number of hydroxylamine groups is 2. The van der Waals surface area contributed by atoms with Crippen LogP contribution in [0.1, 0.15) is 48.4 Å². The van der Waals surface area contributed by atoms with Crippen molar-refractivity contribution in [3.05, 3.63) is 35.4 Å². The molecule has 0 aromatic heterocycles.